The number of aliphatic hydroxyl groups is 2. The van der Waals surface area contributed by atoms with Crippen LogP contribution >= 0.6 is 0 Å². The van der Waals surface area contributed by atoms with Crippen molar-refractivity contribution in [2.24, 2.45) is 5.73 Å². The van der Waals surface area contributed by atoms with Gasteiger partial charge in [0.25, 0.3) is 0 Å². The zero-order valence-electron chi connectivity index (χ0n) is 12.0. The van der Waals surface area contributed by atoms with Crippen molar-refractivity contribution in [3.8, 4) is 0 Å². The molecule has 0 spiro atoms. The molecule has 0 bridgehead atoms. The van der Waals surface area contributed by atoms with Gasteiger partial charge < -0.3 is 26.2 Å². The van der Waals surface area contributed by atoms with Gasteiger partial charge in [0, 0.05) is 36.4 Å². The molecule has 0 fully saturated rings. The number of fused-ring (bicyclic) bond motifs is 1. The topological polar surface area (TPSA) is 128 Å². The lowest BCUT2D eigenvalue weighted by Gasteiger charge is -2.15. The van der Waals surface area contributed by atoms with Crippen LogP contribution in [0.1, 0.15) is 18.4 Å². The molecule has 7 nitrogen and oxygen atoms in total. The molecule has 0 unspecified atom stereocenters. The Hall–Kier alpha value is -2.38. The highest BCUT2D eigenvalue weighted by atomic mass is 16.5. The smallest absolute Gasteiger partial charge is 0.240 e. The monoisotopic (exact) mass is 305 g/mol. The fourth-order valence-electron chi connectivity index (χ4n) is 2.27. The van der Waals surface area contributed by atoms with Gasteiger partial charge in [0.2, 0.25) is 11.8 Å². The van der Waals surface area contributed by atoms with E-state index >= 15 is 0 Å². The summed E-state index contributed by atoms with van der Waals surface area (Å²) in [4.78, 5) is 26.3. The molecular formula is C15H19N3O4. The Labute approximate surface area is 127 Å². The molecule has 1 aromatic carbocycles. The summed E-state index contributed by atoms with van der Waals surface area (Å²) in [6.07, 6.45) is 0.322. The van der Waals surface area contributed by atoms with Crippen LogP contribution in [0.2, 0.25) is 0 Å². The molecule has 2 aromatic rings. The molecule has 2 rings (SSSR count). The number of H-pyrrole nitrogens is 1. The maximum atomic E-state index is 11.7. The summed E-state index contributed by atoms with van der Waals surface area (Å²) >= 11 is 0. The first-order valence-electron chi connectivity index (χ1n) is 6.97. The van der Waals surface area contributed by atoms with Crippen LogP contribution < -0.4 is 11.1 Å². The Morgan fingerprint density at radius 2 is 2.00 bits per heavy atom. The number of aliphatic hydroxyl groups excluding tert-OH is 1. The zero-order valence-corrected chi connectivity index (χ0v) is 12.0. The summed E-state index contributed by atoms with van der Waals surface area (Å²) in [5.41, 5.74) is 7.16. The molecule has 6 N–H and O–H groups in total. The molecule has 118 valence electrons. The van der Waals surface area contributed by atoms with Crippen molar-refractivity contribution in [1.29, 1.82) is 0 Å². The maximum Gasteiger partial charge on any atom is 0.240 e. The molecule has 0 aliphatic heterocycles. The van der Waals surface area contributed by atoms with Gasteiger partial charge in [0.15, 0.2) is 6.29 Å². The van der Waals surface area contributed by atoms with Crippen LogP contribution in [-0.4, -0.2) is 39.3 Å². The molecule has 0 aliphatic carbocycles. The minimum atomic E-state index is -1.55. The zero-order chi connectivity index (χ0) is 16.1. The summed E-state index contributed by atoms with van der Waals surface area (Å²) in [5, 5.41) is 21.0. The van der Waals surface area contributed by atoms with Crippen LogP contribution in [0.3, 0.4) is 0 Å². The number of para-hydroxylation sites is 1. The second-order valence-electron chi connectivity index (χ2n) is 5.11. The van der Waals surface area contributed by atoms with Gasteiger partial charge in [-0.2, -0.15) is 0 Å². The van der Waals surface area contributed by atoms with Crippen molar-refractivity contribution < 1.29 is 19.8 Å². The van der Waals surface area contributed by atoms with E-state index in [4.69, 9.17) is 15.9 Å². The molecule has 22 heavy (non-hydrogen) atoms. The number of nitrogens with two attached hydrogens (primary N) is 1. The Morgan fingerprint density at radius 3 is 2.68 bits per heavy atom. The highest BCUT2D eigenvalue weighted by Crippen LogP contribution is 2.19. The number of amides is 2. The predicted molar refractivity (Wildman–Crippen MR) is 80.6 cm³/mol. The standard InChI is InChI=1S/C15H19N3O4/c16-15(22)12(18-13(19)5-6-14(20)21)7-9-8-17-11-4-2-1-3-10(9)11/h1-4,8,12,14,17,20-21H,5-7H2,(H2,16,22)(H,18,19)/t12-/m0/s1. The van der Waals surface area contributed by atoms with E-state index in [9.17, 15) is 9.59 Å². The predicted octanol–water partition coefficient (Wildman–Crippen LogP) is -0.229. The number of primary amides is 1. The first-order valence-corrected chi connectivity index (χ1v) is 6.97. The van der Waals surface area contributed by atoms with Gasteiger partial charge in [0.05, 0.1) is 0 Å². The van der Waals surface area contributed by atoms with E-state index in [0.29, 0.717) is 0 Å². The van der Waals surface area contributed by atoms with Crippen LogP contribution in [0.15, 0.2) is 30.5 Å². The van der Waals surface area contributed by atoms with Gasteiger partial charge in [-0.05, 0) is 11.6 Å². The third-order valence-electron chi connectivity index (χ3n) is 3.41. The fraction of sp³-hybridized carbons (Fsp3) is 0.333. The van der Waals surface area contributed by atoms with Crippen LogP contribution in [0.4, 0.5) is 0 Å². The molecule has 0 saturated carbocycles. The van der Waals surface area contributed by atoms with Gasteiger partial charge in [-0.15, -0.1) is 0 Å². The second kappa shape index (κ2) is 7.06. The van der Waals surface area contributed by atoms with Crippen molar-refractivity contribution >= 4 is 22.7 Å². The van der Waals surface area contributed by atoms with Crippen LogP contribution in [0.25, 0.3) is 10.9 Å². The van der Waals surface area contributed by atoms with Crippen LogP contribution in [0, 0.1) is 0 Å². The molecule has 7 heteroatoms. The van der Waals surface area contributed by atoms with E-state index in [-0.39, 0.29) is 19.3 Å². The quantitative estimate of drug-likeness (QED) is 0.453. The van der Waals surface area contributed by atoms with Gasteiger partial charge in [0.1, 0.15) is 6.04 Å². The summed E-state index contributed by atoms with van der Waals surface area (Å²) in [7, 11) is 0. The Morgan fingerprint density at radius 1 is 1.27 bits per heavy atom. The number of hydrogen-bond donors (Lipinski definition) is 5. The van der Waals surface area contributed by atoms with Crippen LogP contribution in [0.5, 0.6) is 0 Å². The lowest BCUT2D eigenvalue weighted by molar-refractivity contribution is -0.128. The molecule has 2 amide bonds. The van der Waals surface area contributed by atoms with E-state index in [1.807, 2.05) is 24.3 Å². The van der Waals surface area contributed by atoms with Gasteiger partial charge in [-0.1, -0.05) is 18.2 Å². The number of nitrogens with one attached hydrogen (secondary N) is 2. The maximum absolute atomic E-state index is 11.7. The van der Waals surface area contributed by atoms with Gasteiger partial charge >= 0.3 is 0 Å². The Kier molecular flexibility index (Phi) is 5.13. The van der Waals surface area contributed by atoms with E-state index in [2.05, 4.69) is 10.3 Å². The summed E-state index contributed by atoms with van der Waals surface area (Å²) in [6, 6.07) is 6.78. The first kappa shape index (κ1) is 16.0. The third kappa shape index (κ3) is 4.06. The molecule has 1 aromatic heterocycles. The van der Waals surface area contributed by atoms with E-state index in [1.165, 1.54) is 0 Å². The Balaban J connectivity index is 2.06. The largest absolute Gasteiger partial charge is 0.368 e. The van der Waals surface area contributed by atoms with E-state index in [1.54, 1.807) is 6.20 Å². The second-order valence-corrected chi connectivity index (χ2v) is 5.11. The van der Waals surface area contributed by atoms with E-state index < -0.39 is 24.1 Å². The number of rotatable bonds is 7. The highest BCUT2D eigenvalue weighted by Gasteiger charge is 2.20. The summed E-state index contributed by atoms with van der Waals surface area (Å²) in [6.45, 7) is 0. The molecule has 0 radical (unpaired) electrons. The SMILES string of the molecule is NC(=O)[C@H](Cc1c[nH]c2ccccc12)NC(=O)CCC(O)O. The number of carbonyl (C=O) groups excluding carboxylic acids is 2. The fourth-order valence-corrected chi connectivity index (χ4v) is 2.27. The number of hydrogen-bond acceptors (Lipinski definition) is 4. The molecular weight excluding hydrogens is 286 g/mol. The number of carbonyl (C=O) groups is 2. The summed E-state index contributed by atoms with van der Waals surface area (Å²) < 4.78 is 0. The number of aromatic amines is 1. The average Bonchev–Trinajstić information content (AvgIpc) is 2.87. The molecule has 0 aliphatic rings. The lowest BCUT2D eigenvalue weighted by atomic mass is 10.0. The van der Waals surface area contributed by atoms with Crippen molar-refractivity contribution in [3.63, 3.8) is 0 Å². The minimum Gasteiger partial charge on any atom is -0.368 e. The van der Waals surface area contributed by atoms with Crippen LogP contribution in [-0.2, 0) is 16.0 Å². The third-order valence-corrected chi connectivity index (χ3v) is 3.41. The normalized spacial score (nSPS) is 12.5. The number of benzene rings is 1. The van der Waals surface area contributed by atoms with Crippen molar-refractivity contribution in [3.05, 3.63) is 36.0 Å². The van der Waals surface area contributed by atoms with Crippen molar-refractivity contribution in [2.75, 3.05) is 0 Å². The van der Waals surface area contributed by atoms with Crippen molar-refractivity contribution in [2.45, 2.75) is 31.6 Å². The first-order chi connectivity index (χ1) is 10.5. The Bertz CT molecular complexity index is 666. The average molecular weight is 305 g/mol. The molecule has 1 atom stereocenters. The minimum absolute atomic E-state index is 0.0880. The lowest BCUT2D eigenvalue weighted by Crippen LogP contribution is -2.45. The molecule has 1 heterocycles. The van der Waals surface area contributed by atoms with Crippen molar-refractivity contribution in [1.82, 2.24) is 10.3 Å². The highest BCUT2D eigenvalue weighted by molar-refractivity contribution is 5.88. The molecule has 0 saturated heterocycles. The van der Waals surface area contributed by atoms with E-state index in [0.717, 1.165) is 16.5 Å². The number of aromatic nitrogens is 1. The summed E-state index contributed by atoms with van der Waals surface area (Å²) in [5.74, 6) is -1.08. The van der Waals surface area contributed by atoms with Gasteiger partial charge in [-0.3, -0.25) is 9.59 Å². The van der Waals surface area contributed by atoms with Gasteiger partial charge in [-0.25, -0.2) is 0 Å².